The first kappa shape index (κ1) is 13.0. The zero-order valence-electron chi connectivity index (χ0n) is 11.2. The highest BCUT2D eigenvalue weighted by Gasteiger charge is 2.04. The van der Waals surface area contributed by atoms with Gasteiger partial charge in [0.25, 0.3) is 0 Å². The fraction of sp³-hybridized carbons (Fsp3) is 0.333. The minimum Gasteiger partial charge on any atom is -0.388 e. The standard InChI is InChI=1S/C15H20N2S/c1-12-8-10-18-15(12)7-9-17(3)14-6-4-5-13(11-14)16-2/h4-6,8,10-11,16H,7,9H2,1-3H3. The van der Waals surface area contributed by atoms with Gasteiger partial charge in [-0.2, -0.15) is 0 Å². The zero-order chi connectivity index (χ0) is 13.0. The molecule has 0 aliphatic rings. The summed E-state index contributed by atoms with van der Waals surface area (Å²) in [5.74, 6) is 0. The summed E-state index contributed by atoms with van der Waals surface area (Å²) in [6.45, 7) is 3.24. The van der Waals surface area contributed by atoms with Crippen LogP contribution in [0, 0.1) is 6.92 Å². The minimum absolute atomic E-state index is 1.05. The molecule has 0 radical (unpaired) electrons. The van der Waals surface area contributed by atoms with Gasteiger partial charge in [-0.25, -0.2) is 0 Å². The fourth-order valence-electron chi connectivity index (χ4n) is 1.96. The minimum atomic E-state index is 1.05. The molecule has 0 spiro atoms. The summed E-state index contributed by atoms with van der Waals surface area (Å²) in [4.78, 5) is 3.80. The van der Waals surface area contributed by atoms with E-state index in [0.717, 1.165) is 18.7 Å². The van der Waals surface area contributed by atoms with Crippen molar-refractivity contribution in [2.45, 2.75) is 13.3 Å². The monoisotopic (exact) mass is 260 g/mol. The van der Waals surface area contributed by atoms with Crippen LogP contribution in [-0.2, 0) is 6.42 Å². The van der Waals surface area contributed by atoms with E-state index in [4.69, 9.17) is 0 Å². The number of thiophene rings is 1. The number of anilines is 2. The molecule has 18 heavy (non-hydrogen) atoms. The molecule has 1 aromatic carbocycles. The van der Waals surface area contributed by atoms with Crippen LogP contribution in [0.2, 0.25) is 0 Å². The van der Waals surface area contributed by atoms with E-state index >= 15 is 0 Å². The molecule has 1 N–H and O–H groups in total. The average molecular weight is 260 g/mol. The molecular formula is C15H20N2S. The van der Waals surface area contributed by atoms with Crippen LogP contribution in [0.15, 0.2) is 35.7 Å². The molecule has 0 unspecified atom stereocenters. The first-order valence-corrected chi connectivity index (χ1v) is 7.10. The lowest BCUT2D eigenvalue weighted by atomic mass is 10.2. The van der Waals surface area contributed by atoms with Crippen molar-refractivity contribution in [3.8, 4) is 0 Å². The molecule has 2 nitrogen and oxygen atoms in total. The van der Waals surface area contributed by atoms with Crippen LogP contribution in [0.25, 0.3) is 0 Å². The highest BCUT2D eigenvalue weighted by Crippen LogP contribution is 2.20. The van der Waals surface area contributed by atoms with Gasteiger partial charge in [0.1, 0.15) is 0 Å². The third-order valence-corrected chi connectivity index (χ3v) is 4.30. The molecule has 0 atom stereocenters. The summed E-state index contributed by atoms with van der Waals surface area (Å²) in [5, 5.41) is 5.35. The molecule has 0 aliphatic heterocycles. The third kappa shape index (κ3) is 3.05. The number of likely N-dealkylation sites (N-methyl/N-ethyl adjacent to an activating group) is 1. The summed E-state index contributed by atoms with van der Waals surface area (Å²) in [6.07, 6.45) is 1.11. The third-order valence-electron chi connectivity index (χ3n) is 3.22. The van der Waals surface area contributed by atoms with E-state index in [2.05, 4.69) is 59.9 Å². The number of benzene rings is 1. The molecule has 1 aromatic heterocycles. The van der Waals surface area contributed by atoms with Gasteiger partial charge in [-0.3, -0.25) is 0 Å². The Bertz CT molecular complexity index is 505. The van der Waals surface area contributed by atoms with Crippen LogP contribution in [-0.4, -0.2) is 20.6 Å². The molecule has 2 rings (SSSR count). The number of hydrogen-bond donors (Lipinski definition) is 1. The highest BCUT2D eigenvalue weighted by molar-refractivity contribution is 7.10. The van der Waals surface area contributed by atoms with E-state index in [1.807, 2.05) is 18.4 Å². The molecule has 0 fully saturated rings. The molecule has 3 heteroatoms. The van der Waals surface area contributed by atoms with Gasteiger partial charge in [0.05, 0.1) is 0 Å². The number of hydrogen-bond acceptors (Lipinski definition) is 3. The van der Waals surface area contributed by atoms with Gasteiger partial charge in [0.15, 0.2) is 0 Å². The van der Waals surface area contributed by atoms with Crippen LogP contribution < -0.4 is 10.2 Å². The van der Waals surface area contributed by atoms with Gasteiger partial charge in [0.2, 0.25) is 0 Å². The fourth-order valence-corrected chi connectivity index (χ4v) is 2.86. The Morgan fingerprint density at radius 2 is 2.11 bits per heavy atom. The van der Waals surface area contributed by atoms with Crippen LogP contribution in [0.5, 0.6) is 0 Å². The van der Waals surface area contributed by atoms with Crippen LogP contribution in [0.1, 0.15) is 10.4 Å². The Morgan fingerprint density at radius 3 is 2.78 bits per heavy atom. The Labute approximate surface area is 113 Å². The second-order valence-corrected chi connectivity index (χ2v) is 5.50. The van der Waals surface area contributed by atoms with Crippen molar-refractivity contribution in [1.82, 2.24) is 0 Å². The van der Waals surface area contributed by atoms with Crippen molar-refractivity contribution < 1.29 is 0 Å². The van der Waals surface area contributed by atoms with Crippen molar-refractivity contribution in [2.24, 2.45) is 0 Å². The van der Waals surface area contributed by atoms with Crippen molar-refractivity contribution >= 4 is 22.7 Å². The first-order chi connectivity index (χ1) is 8.70. The highest BCUT2D eigenvalue weighted by atomic mass is 32.1. The Morgan fingerprint density at radius 1 is 1.28 bits per heavy atom. The zero-order valence-corrected chi connectivity index (χ0v) is 12.1. The normalized spacial score (nSPS) is 10.4. The van der Waals surface area contributed by atoms with E-state index in [1.54, 1.807) is 0 Å². The van der Waals surface area contributed by atoms with Crippen molar-refractivity contribution in [3.05, 3.63) is 46.2 Å². The number of nitrogens with one attached hydrogen (secondary N) is 1. The van der Waals surface area contributed by atoms with Gasteiger partial charge in [-0.1, -0.05) is 6.07 Å². The molecule has 2 aromatic rings. The predicted octanol–water partition coefficient (Wildman–Crippen LogP) is 3.78. The topological polar surface area (TPSA) is 15.3 Å². The van der Waals surface area contributed by atoms with Crippen molar-refractivity contribution in [1.29, 1.82) is 0 Å². The maximum absolute atomic E-state index is 3.18. The van der Waals surface area contributed by atoms with Crippen LogP contribution in [0.3, 0.4) is 0 Å². The summed E-state index contributed by atoms with van der Waals surface area (Å²) in [6, 6.07) is 10.7. The van der Waals surface area contributed by atoms with Gasteiger partial charge in [-0.15, -0.1) is 11.3 Å². The first-order valence-electron chi connectivity index (χ1n) is 6.22. The number of nitrogens with zero attached hydrogens (tertiary/aromatic N) is 1. The summed E-state index contributed by atoms with van der Waals surface area (Å²) >= 11 is 1.86. The van der Waals surface area contributed by atoms with E-state index in [-0.39, 0.29) is 0 Å². The lowest BCUT2D eigenvalue weighted by Crippen LogP contribution is -2.20. The summed E-state index contributed by atoms with van der Waals surface area (Å²) in [7, 11) is 4.10. The second-order valence-electron chi connectivity index (χ2n) is 4.50. The van der Waals surface area contributed by atoms with Crippen LogP contribution in [0.4, 0.5) is 11.4 Å². The average Bonchev–Trinajstić information content (AvgIpc) is 2.81. The number of rotatable bonds is 5. The summed E-state index contributed by atoms with van der Waals surface area (Å²) < 4.78 is 0. The molecule has 96 valence electrons. The molecule has 0 saturated carbocycles. The molecular weight excluding hydrogens is 240 g/mol. The quantitative estimate of drug-likeness (QED) is 0.880. The van der Waals surface area contributed by atoms with Gasteiger partial charge >= 0.3 is 0 Å². The van der Waals surface area contributed by atoms with Crippen molar-refractivity contribution in [2.75, 3.05) is 30.9 Å². The Hall–Kier alpha value is -1.48. The SMILES string of the molecule is CNc1cccc(N(C)CCc2sccc2C)c1. The molecule has 0 saturated heterocycles. The van der Waals surface area contributed by atoms with Gasteiger partial charge in [0, 0.05) is 36.9 Å². The van der Waals surface area contributed by atoms with E-state index < -0.39 is 0 Å². The van der Waals surface area contributed by atoms with Gasteiger partial charge in [-0.05, 0) is 48.6 Å². The Kier molecular flexibility index (Phi) is 4.26. The predicted molar refractivity (Wildman–Crippen MR) is 82.0 cm³/mol. The van der Waals surface area contributed by atoms with Crippen LogP contribution >= 0.6 is 11.3 Å². The Balaban J connectivity index is 1.99. The smallest absolute Gasteiger partial charge is 0.0384 e. The maximum Gasteiger partial charge on any atom is 0.0384 e. The second kappa shape index (κ2) is 5.91. The van der Waals surface area contributed by atoms with Crippen molar-refractivity contribution in [3.63, 3.8) is 0 Å². The largest absolute Gasteiger partial charge is 0.388 e. The molecule has 1 heterocycles. The van der Waals surface area contributed by atoms with E-state index in [0.29, 0.717) is 0 Å². The molecule has 0 amide bonds. The molecule has 0 aliphatic carbocycles. The summed E-state index contributed by atoms with van der Waals surface area (Å²) in [5.41, 5.74) is 3.83. The number of aryl methyl sites for hydroxylation is 1. The maximum atomic E-state index is 3.18. The lowest BCUT2D eigenvalue weighted by Gasteiger charge is -2.20. The van der Waals surface area contributed by atoms with Gasteiger partial charge < -0.3 is 10.2 Å². The lowest BCUT2D eigenvalue weighted by molar-refractivity contribution is 0.884. The van der Waals surface area contributed by atoms with E-state index in [1.165, 1.54) is 16.1 Å². The molecule has 0 bridgehead atoms. The van der Waals surface area contributed by atoms with E-state index in [9.17, 15) is 0 Å².